The summed E-state index contributed by atoms with van der Waals surface area (Å²) in [5.74, 6) is 0.335. The SMILES string of the molecule is NC(CCC(=O)Nc1cccc(Cl)n1)c1ccccc1. The van der Waals surface area contributed by atoms with E-state index in [9.17, 15) is 4.79 Å². The molecule has 1 unspecified atom stereocenters. The number of amides is 1. The minimum Gasteiger partial charge on any atom is -0.324 e. The fourth-order valence-electron chi connectivity index (χ4n) is 1.84. The highest BCUT2D eigenvalue weighted by atomic mass is 35.5. The van der Waals surface area contributed by atoms with Gasteiger partial charge in [-0.3, -0.25) is 4.79 Å². The Bertz CT molecular complexity index is 574. The number of benzene rings is 1. The Morgan fingerprint density at radius 2 is 1.95 bits per heavy atom. The van der Waals surface area contributed by atoms with Crippen LogP contribution in [0.4, 0.5) is 5.82 Å². The van der Waals surface area contributed by atoms with Crippen molar-refractivity contribution < 1.29 is 4.79 Å². The first-order chi connectivity index (χ1) is 9.65. The number of anilines is 1. The van der Waals surface area contributed by atoms with Gasteiger partial charge in [0.1, 0.15) is 11.0 Å². The Balaban J connectivity index is 1.83. The number of aromatic nitrogens is 1. The van der Waals surface area contributed by atoms with Crippen molar-refractivity contribution in [2.75, 3.05) is 5.32 Å². The standard InChI is InChI=1S/C15H16ClN3O/c16-13-7-4-8-14(18-13)19-15(20)10-9-12(17)11-5-2-1-3-6-11/h1-8,12H,9-10,17H2,(H,18,19,20). The van der Waals surface area contributed by atoms with Gasteiger partial charge < -0.3 is 11.1 Å². The Kier molecular flexibility index (Phi) is 5.09. The molecule has 2 aromatic rings. The maximum absolute atomic E-state index is 11.8. The molecule has 1 atom stereocenters. The van der Waals surface area contributed by atoms with Crippen LogP contribution >= 0.6 is 11.6 Å². The van der Waals surface area contributed by atoms with Crippen LogP contribution in [-0.2, 0) is 4.79 Å². The Morgan fingerprint density at radius 1 is 1.20 bits per heavy atom. The summed E-state index contributed by atoms with van der Waals surface area (Å²) in [6, 6.07) is 14.7. The van der Waals surface area contributed by atoms with E-state index in [-0.39, 0.29) is 11.9 Å². The maximum Gasteiger partial charge on any atom is 0.225 e. The van der Waals surface area contributed by atoms with Gasteiger partial charge in [-0.25, -0.2) is 4.98 Å². The van der Waals surface area contributed by atoms with E-state index in [4.69, 9.17) is 17.3 Å². The smallest absolute Gasteiger partial charge is 0.225 e. The Labute approximate surface area is 123 Å². The molecule has 1 aromatic carbocycles. The van der Waals surface area contributed by atoms with Crippen molar-refractivity contribution in [1.82, 2.24) is 4.98 Å². The van der Waals surface area contributed by atoms with Crippen molar-refractivity contribution in [3.63, 3.8) is 0 Å². The minimum atomic E-state index is -0.144. The van der Waals surface area contributed by atoms with E-state index in [1.807, 2.05) is 30.3 Å². The van der Waals surface area contributed by atoms with Crippen molar-refractivity contribution >= 4 is 23.3 Å². The van der Waals surface area contributed by atoms with Gasteiger partial charge in [0.15, 0.2) is 0 Å². The van der Waals surface area contributed by atoms with Crippen LogP contribution in [0.15, 0.2) is 48.5 Å². The van der Waals surface area contributed by atoms with E-state index in [2.05, 4.69) is 10.3 Å². The topological polar surface area (TPSA) is 68.0 Å². The first-order valence-corrected chi connectivity index (χ1v) is 6.76. The van der Waals surface area contributed by atoms with E-state index >= 15 is 0 Å². The van der Waals surface area contributed by atoms with E-state index in [0.717, 1.165) is 5.56 Å². The molecule has 0 aliphatic carbocycles. The molecule has 0 aliphatic heterocycles. The van der Waals surface area contributed by atoms with Crippen molar-refractivity contribution in [3.8, 4) is 0 Å². The van der Waals surface area contributed by atoms with Gasteiger partial charge in [-0.2, -0.15) is 0 Å². The van der Waals surface area contributed by atoms with Gasteiger partial charge in [0, 0.05) is 12.5 Å². The molecule has 0 spiro atoms. The quantitative estimate of drug-likeness (QED) is 0.831. The number of nitrogens with one attached hydrogen (secondary N) is 1. The number of hydrogen-bond acceptors (Lipinski definition) is 3. The molecule has 2 rings (SSSR count). The molecule has 104 valence electrons. The number of carbonyl (C=O) groups excluding carboxylic acids is 1. The lowest BCUT2D eigenvalue weighted by Crippen LogP contribution is -2.17. The van der Waals surface area contributed by atoms with Gasteiger partial charge in [0.2, 0.25) is 5.91 Å². The molecule has 1 amide bonds. The van der Waals surface area contributed by atoms with Gasteiger partial charge in [-0.1, -0.05) is 48.0 Å². The average Bonchev–Trinajstić information content (AvgIpc) is 2.46. The second kappa shape index (κ2) is 7.03. The molecule has 0 saturated carbocycles. The van der Waals surface area contributed by atoms with Gasteiger partial charge in [0.05, 0.1) is 0 Å². The summed E-state index contributed by atoms with van der Waals surface area (Å²) in [5.41, 5.74) is 7.07. The fraction of sp³-hybridized carbons (Fsp3) is 0.200. The predicted octanol–water partition coefficient (Wildman–Crippen LogP) is 3.15. The van der Waals surface area contributed by atoms with Crippen LogP contribution < -0.4 is 11.1 Å². The highest BCUT2D eigenvalue weighted by Crippen LogP contribution is 2.16. The highest BCUT2D eigenvalue weighted by molar-refractivity contribution is 6.29. The molecular weight excluding hydrogens is 274 g/mol. The number of carbonyl (C=O) groups is 1. The summed E-state index contributed by atoms with van der Waals surface area (Å²) in [6.07, 6.45) is 0.917. The second-order valence-corrected chi connectivity index (χ2v) is 4.84. The summed E-state index contributed by atoms with van der Waals surface area (Å²) < 4.78 is 0. The molecule has 20 heavy (non-hydrogen) atoms. The molecular formula is C15H16ClN3O. The lowest BCUT2D eigenvalue weighted by atomic mass is 10.0. The predicted molar refractivity (Wildman–Crippen MR) is 80.5 cm³/mol. The number of nitrogens with zero attached hydrogens (tertiary/aromatic N) is 1. The van der Waals surface area contributed by atoms with Crippen LogP contribution in [-0.4, -0.2) is 10.9 Å². The lowest BCUT2D eigenvalue weighted by molar-refractivity contribution is -0.116. The van der Waals surface area contributed by atoms with E-state index in [1.165, 1.54) is 0 Å². The second-order valence-electron chi connectivity index (χ2n) is 4.45. The summed E-state index contributed by atoms with van der Waals surface area (Å²) in [7, 11) is 0. The molecule has 0 radical (unpaired) electrons. The molecule has 0 bridgehead atoms. The Morgan fingerprint density at radius 3 is 2.65 bits per heavy atom. The van der Waals surface area contributed by atoms with Gasteiger partial charge in [-0.15, -0.1) is 0 Å². The van der Waals surface area contributed by atoms with Crippen LogP contribution in [0.3, 0.4) is 0 Å². The number of nitrogens with two attached hydrogens (primary N) is 1. The van der Waals surface area contributed by atoms with Crippen molar-refractivity contribution in [1.29, 1.82) is 0 Å². The molecule has 5 heteroatoms. The summed E-state index contributed by atoms with van der Waals surface area (Å²) in [6.45, 7) is 0. The monoisotopic (exact) mass is 289 g/mol. The lowest BCUT2D eigenvalue weighted by Gasteiger charge is -2.11. The van der Waals surface area contributed by atoms with E-state index in [1.54, 1.807) is 18.2 Å². The van der Waals surface area contributed by atoms with Crippen molar-refractivity contribution in [2.45, 2.75) is 18.9 Å². The number of rotatable bonds is 5. The molecule has 0 aliphatic rings. The summed E-state index contributed by atoms with van der Waals surface area (Å²) in [5, 5.41) is 3.05. The molecule has 4 nitrogen and oxygen atoms in total. The first-order valence-electron chi connectivity index (χ1n) is 6.38. The van der Waals surface area contributed by atoms with Gasteiger partial charge >= 0.3 is 0 Å². The van der Waals surface area contributed by atoms with Crippen LogP contribution in [0.25, 0.3) is 0 Å². The maximum atomic E-state index is 11.8. The van der Waals surface area contributed by atoms with E-state index < -0.39 is 0 Å². The first kappa shape index (κ1) is 14.5. The van der Waals surface area contributed by atoms with Gasteiger partial charge in [-0.05, 0) is 24.1 Å². The van der Waals surface area contributed by atoms with Crippen LogP contribution in [0.1, 0.15) is 24.4 Å². The van der Waals surface area contributed by atoms with Crippen LogP contribution in [0.5, 0.6) is 0 Å². The molecule has 0 fully saturated rings. The number of halogens is 1. The summed E-state index contributed by atoms with van der Waals surface area (Å²) in [4.78, 5) is 15.8. The third kappa shape index (κ3) is 4.33. The number of hydrogen-bond donors (Lipinski definition) is 2. The third-order valence-electron chi connectivity index (χ3n) is 2.89. The zero-order valence-electron chi connectivity index (χ0n) is 10.9. The zero-order chi connectivity index (χ0) is 14.4. The zero-order valence-corrected chi connectivity index (χ0v) is 11.7. The molecule has 0 saturated heterocycles. The largest absolute Gasteiger partial charge is 0.324 e. The number of pyridine rings is 1. The average molecular weight is 290 g/mol. The van der Waals surface area contributed by atoms with E-state index in [0.29, 0.717) is 23.8 Å². The van der Waals surface area contributed by atoms with Crippen LogP contribution in [0, 0.1) is 0 Å². The fourth-order valence-corrected chi connectivity index (χ4v) is 2.00. The third-order valence-corrected chi connectivity index (χ3v) is 3.10. The molecule has 1 aromatic heterocycles. The Hall–Kier alpha value is -1.91. The molecule has 3 N–H and O–H groups in total. The van der Waals surface area contributed by atoms with Gasteiger partial charge in [0.25, 0.3) is 0 Å². The minimum absolute atomic E-state index is 0.119. The van der Waals surface area contributed by atoms with Crippen molar-refractivity contribution in [2.24, 2.45) is 5.73 Å². The summed E-state index contributed by atoms with van der Waals surface area (Å²) >= 11 is 5.75. The normalized spacial score (nSPS) is 11.9. The van der Waals surface area contributed by atoms with Crippen LogP contribution in [0.2, 0.25) is 5.15 Å². The highest BCUT2D eigenvalue weighted by Gasteiger charge is 2.09. The van der Waals surface area contributed by atoms with Crippen molar-refractivity contribution in [3.05, 3.63) is 59.2 Å². The molecule has 1 heterocycles.